The second kappa shape index (κ2) is 10.0. The van der Waals surface area contributed by atoms with Crippen molar-refractivity contribution < 1.29 is 17.9 Å². The van der Waals surface area contributed by atoms with E-state index in [1.165, 1.54) is 0 Å². The molecule has 1 saturated heterocycles. The van der Waals surface area contributed by atoms with Gasteiger partial charge in [0.1, 0.15) is 5.75 Å². The Labute approximate surface area is 200 Å². The van der Waals surface area contributed by atoms with Gasteiger partial charge in [0.15, 0.2) is 0 Å². The molecule has 2 aromatic rings. The second-order valence-electron chi connectivity index (χ2n) is 8.74. The van der Waals surface area contributed by atoms with Gasteiger partial charge in [-0.1, -0.05) is 25.1 Å². The lowest BCUT2D eigenvalue weighted by atomic mass is 10.0. The summed E-state index contributed by atoms with van der Waals surface area (Å²) in [6, 6.07) is 12.5. The molecule has 0 spiro atoms. The number of amides is 1. The minimum Gasteiger partial charge on any atom is -0.496 e. The first-order chi connectivity index (χ1) is 15.8. The third kappa shape index (κ3) is 5.37. The van der Waals surface area contributed by atoms with Crippen molar-refractivity contribution in [1.82, 2.24) is 9.21 Å². The number of carbonyl (C=O) groups excluding carboxylic acids is 1. The monoisotopic (exact) mass is 489 g/mol. The highest BCUT2D eigenvalue weighted by molar-refractivity contribution is 8.00. The lowest BCUT2D eigenvalue weighted by molar-refractivity contribution is -0.116. The van der Waals surface area contributed by atoms with Gasteiger partial charge in [0.25, 0.3) is 0 Å². The van der Waals surface area contributed by atoms with Crippen LogP contribution in [0.15, 0.2) is 52.3 Å². The number of anilines is 1. The predicted octanol–water partition coefficient (Wildman–Crippen LogP) is 3.80. The summed E-state index contributed by atoms with van der Waals surface area (Å²) in [6.07, 6.45) is 1.93. The van der Waals surface area contributed by atoms with E-state index in [1.54, 1.807) is 35.3 Å². The number of piperidine rings is 1. The van der Waals surface area contributed by atoms with Crippen molar-refractivity contribution in [1.29, 1.82) is 0 Å². The number of para-hydroxylation sites is 1. The number of sulfonamides is 1. The number of hydrogen-bond acceptors (Lipinski definition) is 6. The molecule has 1 fully saturated rings. The van der Waals surface area contributed by atoms with Crippen LogP contribution >= 0.6 is 11.8 Å². The maximum absolute atomic E-state index is 14.0. The zero-order chi connectivity index (χ0) is 23.6. The number of rotatable bonds is 6. The Kier molecular flexibility index (Phi) is 7.33. The van der Waals surface area contributed by atoms with Gasteiger partial charge in [-0.3, -0.25) is 4.79 Å². The van der Waals surface area contributed by atoms with Gasteiger partial charge in [-0.05, 0) is 57.2 Å². The topological polar surface area (TPSA) is 79.0 Å². The van der Waals surface area contributed by atoms with Gasteiger partial charge < -0.3 is 15.0 Å². The first kappa shape index (κ1) is 24.1. The first-order valence-corrected chi connectivity index (χ1v) is 13.5. The van der Waals surface area contributed by atoms with Gasteiger partial charge in [0.2, 0.25) is 15.9 Å². The van der Waals surface area contributed by atoms with Crippen LogP contribution in [0.25, 0.3) is 0 Å². The third-order valence-corrected chi connectivity index (χ3v) is 9.32. The van der Waals surface area contributed by atoms with Crippen LogP contribution < -0.4 is 10.1 Å². The minimum absolute atomic E-state index is 0.0931. The fraction of sp³-hybridized carbons (Fsp3) is 0.458. The fourth-order valence-electron chi connectivity index (χ4n) is 4.42. The first-order valence-electron chi connectivity index (χ1n) is 11.2. The summed E-state index contributed by atoms with van der Waals surface area (Å²) >= 11 is 1.59. The van der Waals surface area contributed by atoms with E-state index in [0.29, 0.717) is 17.9 Å². The van der Waals surface area contributed by atoms with E-state index in [-0.39, 0.29) is 28.6 Å². The van der Waals surface area contributed by atoms with Crippen LogP contribution in [0, 0.1) is 0 Å². The highest BCUT2D eigenvalue weighted by Crippen LogP contribution is 2.37. The molecule has 33 heavy (non-hydrogen) atoms. The molecule has 0 aliphatic carbocycles. The van der Waals surface area contributed by atoms with Crippen molar-refractivity contribution in [2.75, 3.05) is 32.6 Å². The number of nitrogens with zero attached hydrogens (tertiary/aromatic N) is 2. The summed E-state index contributed by atoms with van der Waals surface area (Å²) in [4.78, 5) is 15.6. The van der Waals surface area contributed by atoms with E-state index < -0.39 is 10.0 Å². The molecule has 7 nitrogen and oxygen atoms in total. The van der Waals surface area contributed by atoms with Gasteiger partial charge in [0.05, 0.1) is 17.7 Å². The molecule has 2 aliphatic heterocycles. The van der Waals surface area contributed by atoms with Crippen LogP contribution in [0.2, 0.25) is 0 Å². The Hall–Kier alpha value is -2.07. The highest BCUT2D eigenvalue weighted by atomic mass is 32.2. The van der Waals surface area contributed by atoms with E-state index in [1.807, 2.05) is 37.3 Å². The van der Waals surface area contributed by atoms with Crippen LogP contribution in [0.1, 0.15) is 31.7 Å². The molecule has 2 heterocycles. The van der Waals surface area contributed by atoms with E-state index in [2.05, 4.69) is 17.3 Å². The summed E-state index contributed by atoms with van der Waals surface area (Å²) < 4.78 is 35.1. The lowest BCUT2D eigenvalue weighted by Crippen LogP contribution is -2.46. The smallest absolute Gasteiger partial charge is 0.243 e. The number of thioether (sulfide) groups is 1. The summed E-state index contributed by atoms with van der Waals surface area (Å²) in [5, 5.41) is 3.02. The van der Waals surface area contributed by atoms with Crippen LogP contribution in [0.5, 0.6) is 5.75 Å². The normalized spacial score (nSPS) is 20.2. The van der Waals surface area contributed by atoms with Crippen LogP contribution in [0.4, 0.5) is 5.69 Å². The fourth-order valence-corrected chi connectivity index (χ4v) is 7.16. The molecule has 178 valence electrons. The van der Waals surface area contributed by atoms with E-state index in [4.69, 9.17) is 4.74 Å². The van der Waals surface area contributed by atoms with Crippen molar-refractivity contribution in [2.24, 2.45) is 0 Å². The Balaban J connectivity index is 1.72. The largest absolute Gasteiger partial charge is 0.496 e. The number of benzene rings is 2. The van der Waals surface area contributed by atoms with Crippen molar-refractivity contribution in [3.8, 4) is 5.75 Å². The molecule has 4 rings (SSSR count). The van der Waals surface area contributed by atoms with Crippen molar-refractivity contribution in [3.63, 3.8) is 0 Å². The zero-order valence-corrected chi connectivity index (χ0v) is 20.9. The number of likely N-dealkylation sites (tertiary alicyclic amines) is 1. The van der Waals surface area contributed by atoms with Crippen LogP contribution in [-0.4, -0.2) is 62.1 Å². The second-order valence-corrected chi connectivity index (χ2v) is 12.1. The Morgan fingerprint density at radius 3 is 2.64 bits per heavy atom. The molecule has 2 aliphatic rings. The van der Waals surface area contributed by atoms with Crippen molar-refractivity contribution in [3.05, 3.63) is 48.0 Å². The van der Waals surface area contributed by atoms with E-state index in [9.17, 15) is 13.2 Å². The maximum Gasteiger partial charge on any atom is 0.243 e. The molecule has 1 N–H and O–H groups in total. The number of ether oxygens (including phenoxy) is 1. The predicted molar refractivity (Wildman–Crippen MR) is 131 cm³/mol. The Morgan fingerprint density at radius 1 is 1.18 bits per heavy atom. The third-order valence-electron chi connectivity index (χ3n) is 6.25. The average Bonchev–Trinajstić information content (AvgIpc) is 2.93. The number of carbonyl (C=O) groups is 1. The molecular formula is C24H31N3O4S2. The molecule has 1 amide bonds. The molecule has 0 radical (unpaired) electrons. The summed E-state index contributed by atoms with van der Waals surface area (Å²) in [7, 11) is -0.162. The van der Waals surface area contributed by atoms with Gasteiger partial charge >= 0.3 is 0 Å². The number of nitrogens with one attached hydrogen (secondary N) is 1. The molecule has 1 unspecified atom stereocenters. The van der Waals surface area contributed by atoms with Gasteiger partial charge in [-0.2, -0.15) is 4.31 Å². The standard InChI is InChI=1S/C24H31N3O4S2/c1-17-14-24(28)25-21-15-20(8-9-23(21)32-17)33(29,30)27(19-10-12-26(2)13-11-19)16-18-6-4-5-7-22(18)31-3/h4-9,15,17,19H,10-14,16H2,1-3H3,(H,25,28). The number of hydrogen-bond donors (Lipinski definition) is 1. The minimum atomic E-state index is -3.82. The summed E-state index contributed by atoms with van der Waals surface area (Å²) in [5.74, 6) is 0.578. The quantitative estimate of drug-likeness (QED) is 0.665. The summed E-state index contributed by atoms with van der Waals surface area (Å²) in [5.41, 5.74) is 1.39. The zero-order valence-electron chi connectivity index (χ0n) is 19.3. The molecule has 0 aromatic heterocycles. The number of methoxy groups -OCH3 is 1. The van der Waals surface area contributed by atoms with Gasteiger partial charge in [-0.25, -0.2) is 8.42 Å². The number of fused-ring (bicyclic) bond motifs is 1. The van der Waals surface area contributed by atoms with E-state index >= 15 is 0 Å². The molecular weight excluding hydrogens is 458 g/mol. The van der Waals surface area contributed by atoms with Gasteiger partial charge in [0, 0.05) is 34.7 Å². The molecule has 0 saturated carbocycles. The van der Waals surface area contributed by atoms with Gasteiger partial charge in [-0.15, -0.1) is 11.8 Å². The SMILES string of the molecule is COc1ccccc1CN(C1CCN(C)CC1)S(=O)(=O)c1ccc2c(c1)NC(=O)CC(C)S2. The summed E-state index contributed by atoms with van der Waals surface area (Å²) in [6.45, 7) is 3.92. The Morgan fingerprint density at radius 2 is 1.91 bits per heavy atom. The maximum atomic E-state index is 14.0. The van der Waals surface area contributed by atoms with E-state index in [0.717, 1.165) is 36.4 Å². The van der Waals surface area contributed by atoms with Crippen molar-refractivity contribution in [2.45, 2.75) is 53.8 Å². The molecule has 1 atom stereocenters. The van der Waals surface area contributed by atoms with Crippen LogP contribution in [0.3, 0.4) is 0 Å². The highest BCUT2D eigenvalue weighted by Gasteiger charge is 2.34. The lowest BCUT2D eigenvalue weighted by Gasteiger charge is -2.36. The molecule has 2 aromatic carbocycles. The average molecular weight is 490 g/mol. The Bertz CT molecular complexity index is 1110. The molecule has 9 heteroatoms. The van der Waals surface area contributed by atoms with Crippen LogP contribution in [-0.2, 0) is 21.4 Å². The van der Waals surface area contributed by atoms with Crippen molar-refractivity contribution >= 4 is 33.4 Å². The molecule has 0 bridgehead atoms.